The van der Waals surface area contributed by atoms with E-state index in [1.807, 2.05) is 0 Å². The van der Waals surface area contributed by atoms with Gasteiger partial charge in [0, 0.05) is 6.04 Å². The van der Waals surface area contributed by atoms with Crippen molar-refractivity contribution >= 4 is 17.8 Å². The standard InChI is InChI=1S/C22H31N3O5/c1-29-18-11-10-15(12-19(18)30-2)14-25-21(27)17(24-22(25)28)13-20(26)23-16-8-6-4-3-5-7-9-16/h10-12,16-17H,3-9,13-14H2,1-2H3,(H,23,26)(H,24,28)/t17-/m1/s1. The van der Waals surface area contributed by atoms with Crippen LogP contribution in [0.4, 0.5) is 4.79 Å². The van der Waals surface area contributed by atoms with Crippen molar-refractivity contribution in [1.82, 2.24) is 15.5 Å². The van der Waals surface area contributed by atoms with Gasteiger partial charge >= 0.3 is 6.03 Å². The van der Waals surface area contributed by atoms with E-state index < -0.39 is 12.1 Å². The second-order valence-electron chi connectivity index (χ2n) is 7.93. The van der Waals surface area contributed by atoms with Gasteiger partial charge in [0.15, 0.2) is 11.5 Å². The zero-order chi connectivity index (χ0) is 21.5. The lowest BCUT2D eigenvalue weighted by Crippen LogP contribution is -2.40. The number of urea groups is 1. The summed E-state index contributed by atoms with van der Waals surface area (Å²) < 4.78 is 10.5. The summed E-state index contributed by atoms with van der Waals surface area (Å²) in [5.74, 6) is 0.522. The molecule has 0 spiro atoms. The van der Waals surface area contributed by atoms with E-state index in [4.69, 9.17) is 9.47 Å². The van der Waals surface area contributed by atoms with Crippen LogP contribution in [0.1, 0.15) is 56.9 Å². The van der Waals surface area contributed by atoms with Crippen LogP contribution < -0.4 is 20.1 Å². The monoisotopic (exact) mass is 417 g/mol. The van der Waals surface area contributed by atoms with Crippen molar-refractivity contribution in [3.8, 4) is 11.5 Å². The number of rotatable bonds is 7. The summed E-state index contributed by atoms with van der Waals surface area (Å²) in [6.45, 7) is 0.103. The number of carbonyl (C=O) groups excluding carboxylic acids is 3. The van der Waals surface area contributed by atoms with E-state index in [0.717, 1.165) is 36.1 Å². The van der Waals surface area contributed by atoms with Gasteiger partial charge in [0.1, 0.15) is 6.04 Å². The van der Waals surface area contributed by atoms with Crippen molar-refractivity contribution in [2.24, 2.45) is 0 Å². The van der Waals surface area contributed by atoms with Crippen LogP contribution in [0.5, 0.6) is 11.5 Å². The second-order valence-corrected chi connectivity index (χ2v) is 7.93. The number of methoxy groups -OCH3 is 2. The van der Waals surface area contributed by atoms with Crippen LogP contribution in [0.2, 0.25) is 0 Å². The van der Waals surface area contributed by atoms with Gasteiger partial charge < -0.3 is 20.1 Å². The van der Waals surface area contributed by atoms with E-state index in [0.29, 0.717) is 11.5 Å². The highest BCUT2D eigenvalue weighted by Gasteiger charge is 2.39. The Bertz CT molecular complexity index is 774. The molecule has 0 radical (unpaired) electrons. The molecule has 1 aromatic carbocycles. The van der Waals surface area contributed by atoms with Crippen LogP contribution >= 0.6 is 0 Å². The number of imide groups is 1. The number of hydrogen-bond donors (Lipinski definition) is 2. The summed E-state index contributed by atoms with van der Waals surface area (Å²) >= 11 is 0. The number of nitrogens with zero attached hydrogens (tertiary/aromatic N) is 1. The van der Waals surface area contributed by atoms with Crippen LogP contribution in [0.25, 0.3) is 0 Å². The molecule has 2 fully saturated rings. The normalized spacial score (nSPS) is 20.3. The molecule has 8 heteroatoms. The molecule has 0 unspecified atom stereocenters. The van der Waals surface area contributed by atoms with Gasteiger partial charge in [-0.05, 0) is 30.5 Å². The lowest BCUT2D eigenvalue weighted by atomic mass is 9.96. The summed E-state index contributed by atoms with van der Waals surface area (Å²) in [5, 5.41) is 5.69. The number of carbonyl (C=O) groups is 3. The van der Waals surface area contributed by atoms with E-state index in [1.165, 1.54) is 26.4 Å². The maximum Gasteiger partial charge on any atom is 0.325 e. The maximum absolute atomic E-state index is 12.7. The van der Waals surface area contributed by atoms with Crippen molar-refractivity contribution in [2.75, 3.05) is 14.2 Å². The molecule has 4 amide bonds. The molecule has 30 heavy (non-hydrogen) atoms. The summed E-state index contributed by atoms with van der Waals surface area (Å²) in [6, 6.07) is 4.08. The Labute approximate surface area is 177 Å². The fraction of sp³-hybridized carbons (Fsp3) is 0.591. The SMILES string of the molecule is COc1ccc(CN2C(=O)N[C@H](CC(=O)NC3CCCCCCC3)C2=O)cc1OC. The van der Waals surface area contributed by atoms with E-state index in [9.17, 15) is 14.4 Å². The summed E-state index contributed by atoms with van der Waals surface area (Å²) in [4.78, 5) is 38.7. The van der Waals surface area contributed by atoms with E-state index in [1.54, 1.807) is 25.3 Å². The predicted octanol–water partition coefficient (Wildman–Crippen LogP) is 2.74. The quantitative estimate of drug-likeness (QED) is 0.665. The smallest absolute Gasteiger partial charge is 0.325 e. The molecular formula is C22H31N3O5. The van der Waals surface area contributed by atoms with Gasteiger partial charge in [0.2, 0.25) is 5.91 Å². The van der Waals surface area contributed by atoms with Gasteiger partial charge in [-0.3, -0.25) is 14.5 Å². The van der Waals surface area contributed by atoms with Crippen LogP contribution in [0.3, 0.4) is 0 Å². The van der Waals surface area contributed by atoms with Gasteiger partial charge in [0.25, 0.3) is 5.91 Å². The second kappa shape index (κ2) is 10.3. The van der Waals surface area contributed by atoms with Crippen molar-refractivity contribution < 1.29 is 23.9 Å². The van der Waals surface area contributed by atoms with E-state index in [-0.39, 0.29) is 30.8 Å². The topological polar surface area (TPSA) is 97.0 Å². The molecule has 0 bridgehead atoms. The Balaban J connectivity index is 1.57. The molecule has 1 saturated heterocycles. The third kappa shape index (κ3) is 5.43. The van der Waals surface area contributed by atoms with Crippen molar-refractivity contribution in [3.05, 3.63) is 23.8 Å². The molecule has 1 saturated carbocycles. The minimum absolute atomic E-state index is 0.0382. The Morgan fingerprint density at radius 3 is 2.40 bits per heavy atom. The third-order valence-corrected chi connectivity index (χ3v) is 5.76. The molecule has 1 aliphatic heterocycles. The highest BCUT2D eigenvalue weighted by Crippen LogP contribution is 2.28. The highest BCUT2D eigenvalue weighted by molar-refractivity contribution is 6.05. The van der Waals surface area contributed by atoms with Gasteiger partial charge in [-0.15, -0.1) is 0 Å². The molecule has 2 aliphatic rings. The largest absolute Gasteiger partial charge is 0.493 e. The predicted molar refractivity (Wildman–Crippen MR) is 111 cm³/mol. The average molecular weight is 418 g/mol. The van der Waals surface area contributed by atoms with Crippen LogP contribution in [-0.2, 0) is 16.1 Å². The molecule has 2 N–H and O–H groups in total. The van der Waals surface area contributed by atoms with E-state index in [2.05, 4.69) is 10.6 Å². The molecule has 3 rings (SSSR count). The lowest BCUT2D eigenvalue weighted by Gasteiger charge is -2.21. The zero-order valence-corrected chi connectivity index (χ0v) is 17.7. The minimum Gasteiger partial charge on any atom is -0.493 e. The lowest BCUT2D eigenvalue weighted by molar-refractivity contribution is -0.131. The zero-order valence-electron chi connectivity index (χ0n) is 17.7. The Morgan fingerprint density at radius 2 is 1.73 bits per heavy atom. The first-order chi connectivity index (χ1) is 14.5. The first kappa shape index (κ1) is 21.9. The number of amides is 4. The summed E-state index contributed by atoms with van der Waals surface area (Å²) in [5.41, 5.74) is 0.732. The fourth-order valence-corrected chi connectivity index (χ4v) is 4.10. The van der Waals surface area contributed by atoms with Gasteiger partial charge in [-0.2, -0.15) is 0 Å². The number of nitrogens with one attached hydrogen (secondary N) is 2. The van der Waals surface area contributed by atoms with Crippen LogP contribution in [0.15, 0.2) is 18.2 Å². The van der Waals surface area contributed by atoms with Crippen LogP contribution in [0, 0.1) is 0 Å². The van der Waals surface area contributed by atoms with Crippen LogP contribution in [-0.4, -0.2) is 49.0 Å². The molecule has 1 heterocycles. The molecule has 164 valence electrons. The molecule has 8 nitrogen and oxygen atoms in total. The molecule has 0 aromatic heterocycles. The van der Waals surface area contributed by atoms with Gasteiger partial charge in [-0.25, -0.2) is 4.79 Å². The summed E-state index contributed by atoms with van der Waals surface area (Å²) in [7, 11) is 3.07. The number of ether oxygens (including phenoxy) is 2. The third-order valence-electron chi connectivity index (χ3n) is 5.76. The number of benzene rings is 1. The Hall–Kier alpha value is -2.77. The Kier molecular flexibility index (Phi) is 7.54. The van der Waals surface area contributed by atoms with Gasteiger partial charge in [-0.1, -0.05) is 38.2 Å². The van der Waals surface area contributed by atoms with Gasteiger partial charge in [0.05, 0.1) is 27.2 Å². The number of hydrogen-bond acceptors (Lipinski definition) is 5. The van der Waals surface area contributed by atoms with Crippen molar-refractivity contribution in [2.45, 2.75) is 70.0 Å². The molecular weight excluding hydrogens is 386 g/mol. The summed E-state index contributed by atoms with van der Waals surface area (Å²) in [6.07, 6.45) is 7.81. The van der Waals surface area contributed by atoms with E-state index >= 15 is 0 Å². The molecule has 1 aliphatic carbocycles. The highest BCUT2D eigenvalue weighted by atomic mass is 16.5. The molecule has 1 aromatic rings. The first-order valence-electron chi connectivity index (χ1n) is 10.6. The first-order valence-corrected chi connectivity index (χ1v) is 10.6. The molecule has 1 atom stereocenters. The maximum atomic E-state index is 12.7. The average Bonchev–Trinajstić information content (AvgIpc) is 2.97. The fourth-order valence-electron chi connectivity index (χ4n) is 4.10. The minimum atomic E-state index is -0.828. The Morgan fingerprint density at radius 1 is 1.07 bits per heavy atom. The van der Waals surface area contributed by atoms with Crippen molar-refractivity contribution in [3.63, 3.8) is 0 Å². The van der Waals surface area contributed by atoms with Crippen molar-refractivity contribution in [1.29, 1.82) is 0 Å².